The highest BCUT2D eigenvalue weighted by molar-refractivity contribution is 5.19. The van der Waals surface area contributed by atoms with Crippen molar-refractivity contribution < 1.29 is 8.78 Å². The van der Waals surface area contributed by atoms with Crippen LogP contribution in [-0.2, 0) is 6.42 Å². The van der Waals surface area contributed by atoms with Crippen molar-refractivity contribution in [3.05, 3.63) is 35.4 Å². The summed E-state index contributed by atoms with van der Waals surface area (Å²) in [6.45, 7) is 9.35. The zero-order chi connectivity index (χ0) is 13.8. The van der Waals surface area contributed by atoms with E-state index in [9.17, 15) is 8.78 Å². The van der Waals surface area contributed by atoms with Gasteiger partial charge in [0.05, 0.1) is 0 Å². The van der Waals surface area contributed by atoms with Gasteiger partial charge in [-0.15, -0.1) is 0 Å². The lowest BCUT2D eigenvalue weighted by Gasteiger charge is -2.26. The van der Waals surface area contributed by atoms with Crippen LogP contribution in [-0.4, -0.2) is 12.6 Å². The van der Waals surface area contributed by atoms with Crippen molar-refractivity contribution in [3.63, 3.8) is 0 Å². The molecule has 0 fully saturated rings. The topological polar surface area (TPSA) is 12.0 Å². The Labute approximate surface area is 109 Å². The Morgan fingerprint density at radius 1 is 1.22 bits per heavy atom. The molecule has 0 saturated heterocycles. The lowest BCUT2D eigenvalue weighted by atomic mass is 9.86. The summed E-state index contributed by atoms with van der Waals surface area (Å²) in [5.74, 6) is -0.687. The first-order valence-electron chi connectivity index (χ1n) is 6.47. The smallest absolute Gasteiger partial charge is 0.126 e. The van der Waals surface area contributed by atoms with Crippen molar-refractivity contribution in [2.75, 3.05) is 6.54 Å². The van der Waals surface area contributed by atoms with Gasteiger partial charge in [-0.2, -0.15) is 0 Å². The molecule has 102 valence electrons. The van der Waals surface area contributed by atoms with E-state index in [-0.39, 0.29) is 17.0 Å². The van der Waals surface area contributed by atoms with Gasteiger partial charge in [0.2, 0.25) is 0 Å². The van der Waals surface area contributed by atoms with Crippen molar-refractivity contribution >= 4 is 0 Å². The van der Waals surface area contributed by atoms with E-state index in [2.05, 4.69) is 33.0 Å². The van der Waals surface area contributed by atoms with Crippen LogP contribution < -0.4 is 5.32 Å². The average molecular weight is 255 g/mol. The standard InChI is InChI=1S/C15H23F2N/c1-11(2)18-10-15(3,4)8-7-12-9-13(16)5-6-14(12)17/h5-6,9,11,18H,7-8,10H2,1-4H3. The number of halogens is 2. The van der Waals surface area contributed by atoms with Crippen LogP contribution in [0.15, 0.2) is 18.2 Å². The summed E-state index contributed by atoms with van der Waals surface area (Å²) in [6.07, 6.45) is 1.39. The number of benzene rings is 1. The van der Waals surface area contributed by atoms with Crippen LogP contribution in [0.3, 0.4) is 0 Å². The average Bonchev–Trinajstić information content (AvgIpc) is 2.28. The number of hydrogen-bond donors (Lipinski definition) is 1. The molecule has 0 atom stereocenters. The summed E-state index contributed by atoms with van der Waals surface area (Å²) in [5.41, 5.74) is 0.538. The molecule has 0 amide bonds. The second-order valence-electron chi connectivity index (χ2n) is 5.94. The third-order valence-electron chi connectivity index (χ3n) is 3.07. The fourth-order valence-electron chi connectivity index (χ4n) is 1.78. The van der Waals surface area contributed by atoms with E-state index in [1.54, 1.807) is 0 Å². The van der Waals surface area contributed by atoms with Crippen LogP contribution in [0.2, 0.25) is 0 Å². The van der Waals surface area contributed by atoms with Crippen molar-refractivity contribution in [2.24, 2.45) is 5.41 Å². The molecule has 0 unspecified atom stereocenters. The molecule has 0 bridgehead atoms. The minimum Gasteiger partial charge on any atom is -0.314 e. The maximum Gasteiger partial charge on any atom is 0.126 e. The molecular formula is C15H23F2N. The Kier molecular flexibility index (Phi) is 5.27. The van der Waals surface area contributed by atoms with Gasteiger partial charge in [-0.1, -0.05) is 27.7 Å². The van der Waals surface area contributed by atoms with Gasteiger partial charge in [0.15, 0.2) is 0 Å². The molecule has 18 heavy (non-hydrogen) atoms. The van der Waals surface area contributed by atoms with Crippen molar-refractivity contribution in [3.8, 4) is 0 Å². The summed E-state index contributed by atoms with van der Waals surface area (Å²) in [5, 5.41) is 3.38. The molecule has 1 rings (SSSR count). The molecule has 3 heteroatoms. The Hall–Kier alpha value is -0.960. The molecule has 1 N–H and O–H groups in total. The third-order valence-corrected chi connectivity index (χ3v) is 3.07. The minimum atomic E-state index is -0.371. The quantitative estimate of drug-likeness (QED) is 0.812. The maximum absolute atomic E-state index is 13.5. The van der Waals surface area contributed by atoms with Crippen LogP contribution in [0.25, 0.3) is 0 Å². The molecule has 0 aliphatic carbocycles. The molecule has 0 heterocycles. The van der Waals surface area contributed by atoms with E-state index in [0.29, 0.717) is 18.0 Å². The van der Waals surface area contributed by atoms with Crippen LogP contribution >= 0.6 is 0 Å². The summed E-state index contributed by atoms with van der Waals surface area (Å²) in [4.78, 5) is 0. The second kappa shape index (κ2) is 6.28. The predicted octanol–water partition coefficient (Wildman–Crippen LogP) is 3.92. The SMILES string of the molecule is CC(C)NCC(C)(C)CCc1cc(F)ccc1F. The van der Waals surface area contributed by atoms with E-state index in [1.165, 1.54) is 12.1 Å². The molecule has 1 nitrogen and oxygen atoms in total. The largest absolute Gasteiger partial charge is 0.314 e. The van der Waals surface area contributed by atoms with Gasteiger partial charge in [0.1, 0.15) is 11.6 Å². The van der Waals surface area contributed by atoms with Crippen molar-refractivity contribution in [1.29, 1.82) is 0 Å². The molecule has 1 aromatic carbocycles. The minimum absolute atomic E-state index is 0.0724. The van der Waals surface area contributed by atoms with Gasteiger partial charge >= 0.3 is 0 Å². The molecule has 0 saturated carbocycles. The first-order valence-corrected chi connectivity index (χ1v) is 6.47. The number of aryl methyl sites for hydroxylation is 1. The van der Waals surface area contributed by atoms with Crippen molar-refractivity contribution in [2.45, 2.75) is 46.6 Å². The van der Waals surface area contributed by atoms with E-state index >= 15 is 0 Å². The van der Waals surface area contributed by atoms with Gasteiger partial charge in [-0.3, -0.25) is 0 Å². The molecule has 0 aliphatic rings. The van der Waals surface area contributed by atoms with Gasteiger partial charge in [-0.05, 0) is 42.0 Å². The normalized spacial score (nSPS) is 12.2. The highest BCUT2D eigenvalue weighted by Gasteiger charge is 2.18. The Balaban J connectivity index is 2.55. The number of rotatable bonds is 6. The highest BCUT2D eigenvalue weighted by atomic mass is 19.1. The lowest BCUT2D eigenvalue weighted by Crippen LogP contribution is -2.34. The summed E-state index contributed by atoms with van der Waals surface area (Å²) in [7, 11) is 0. The summed E-state index contributed by atoms with van der Waals surface area (Å²) < 4.78 is 26.5. The third kappa shape index (κ3) is 5.13. The first kappa shape index (κ1) is 15.1. The molecule has 0 spiro atoms. The fourth-order valence-corrected chi connectivity index (χ4v) is 1.78. The zero-order valence-corrected chi connectivity index (χ0v) is 11.7. The zero-order valence-electron chi connectivity index (χ0n) is 11.7. The first-order chi connectivity index (χ1) is 8.30. The monoisotopic (exact) mass is 255 g/mol. The molecule has 0 aromatic heterocycles. The van der Waals surface area contributed by atoms with Gasteiger partial charge in [-0.25, -0.2) is 8.78 Å². The Bertz CT molecular complexity index is 386. The maximum atomic E-state index is 13.5. The van der Waals surface area contributed by atoms with E-state index in [4.69, 9.17) is 0 Å². The Morgan fingerprint density at radius 3 is 2.50 bits per heavy atom. The summed E-state index contributed by atoms with van der Waals surface area (Å²) >= 11 is 0. The van der Waals surface area contributed by atoms with Gasteiger partial charge in [0.25, 0.3) is 0 Å². The van der Waals surface area contributed by atoms with Crippen molar-refractivity contribution in [1.82, 2.24) is 5.32 Å². The molecule has 0 radical (unpaired) electrons. The lowest BCUT2D eigenvalue weighted by molar-refractivity contribution is 0.303. The van der Waals surface area contributed by atoms with Crippen LogP contribution in [0.1, 0.15) is 39.7 Å². The van der Waals surface area contributed by atoms with Crippen LogP contribution in [0, 0.1) is 17.0 Å². The van der Waals surface area contributed by atoms with E-state index in [0.717, 1.165) is 19.0 Å². The van der Waals surface area contributed by atoms with Crippen LogP contribution in [0.5, 0.6) is 0 Å². The Morgan fingerprint density at radius 2 is 1.89 bits per heavy atom. The fraction of sp³-hybridized carbons (Fsp3) is 0.600. The van der Waals surface area contributed by atoms with Crippen LogP contribution in [0.4, 0.5) is 8.78 Å². The second-order valence-corrected chi connectivity index (χ2v) is 5.94. The van der Waals surface area contributed by atoms with Gasteiger partial charge < -0.3 is 5.32 Å². The molecule has 1 aromatic rings. The molecular weight excluding hydrogens is 232 g/mol. The highest BCUT2D eigenvalue weighted by Crippen LogP contribution is 2.23. The molecule has 0 aliphatic heterocycles. The summed E-state index contributed by atoms with van der Waals surface area (Å²) in [6, 6.07) is 4.09. The predicted molar refractivity (Wildman–Crippen MR) is 71.6 cm³/mol. The number of hydrogen-bond acceptors (Lipinski definition) is 1. The van der Waals surface area contributed by atoms with Gasteiger partial charge in [0, 0.05) is 12.6 Å². The number of nitrogens with one attached hydrogen (secondary N) is 1. The van der Waals surface area contributed by atoms with E-state index < -0.39 is 0 Å². The van der Waals surface area contributed by atoms with E-state index in [1.807, 2.05) is 0 Å².